The fraction of sp³-hybridized carbons (Fsp3) is 0.381. The number of anilines is 1. The molecule has 1 aromatic carbocycles. The van der Waals surface area contributed by atoms with E-state index in [0.717, 1.165) is 28.5 Å². The van der Waals surface area contributed by atoms with E-state index in [4.69, 9.17) is 5.73 Å². The summed E-state index contributed by atoms with van der Waals surface area (Å²) in [5.74, 6) is 0.637. The number of carbonyl (C=O) groups excluding carboxylic acids is 1. The molecule has 0 atom stereocenters. The smallest absolute Gasteiger partial charge is 0.239 e. The van der Waals surface area contributed by atoms with E-state index in [1.54, 1.807) is 7.05 Å². The van der Waals surface area contributed by atoms with Crippen LogP contribution in [0.4, 0.5) is 5.13 Å². The predicted octanol–water partition coefficient (Wildman–Crippen LogP) is 4.75. The Bertz CT molecular complexity index is 778. The van der Waals surface area contributed by atoms with Gasteiger partial charge in [-0.1, -0.05) is 51.5 Å². The first-order valence-electron chi connectivity index (χ1n) is 9.10. The van der Waals surface area contributed by atoms with Crippen molar-refractivity contribution >= 4 is 28.1 Å². The summed E-state index contributed by atoms with van der Waals surface area (Å²) >= 11 is 1.38. The van der Waals surface area contributed by atoms with Gasteiger partial charge in [-0.3, -0.25) is 9.79 Å². The van der Waals surface area contributed by atoms with E-state index in [-0.39, 0.29) is 12.5 Å². The van der Waals surface area contributed by atoms with Crippen molar-refractivity contribution in [3.05, 3.63) is 47.4 Å². The number of hydrogen-bond acceptors (Lipinski definition) is 5. The number of amides is 1. The minimum atomic E-state index is -0.247. The van der Waals surface area contributed by atoms with Crippen molar-refractivity contribution in [2.24, 2.45) is 16.6 Å². The number of aromatic nitrogens is 1. The summed E-state index contributed by atoms with van der Waals surface area (Å²) in [6.45, 7) is 8.55. The van der Waals surface area contributed by atoms with Crippen LogP contribution in [0, 0.1) is 5.92 Å². The topological polar surface area (TPSA) is 80.4 Å². The fourth-order valence-electron chi connectivity index (χ4n) is 1.93. The summed E-state index contributed by atoms with van der Waals surface area (Å²) in [5, 5.41) is 5.12. The Hall–Kier alpha value is -2.31. The molecule has 3 N–H and O–H groups in total. The molecule has 0 aliphatic carbocycles. The minimum Gasteiger partial charge on any atom is -0.322 e. The molecular weight excluding hydrogens is 356 g/mol. The molecule has 0 spiro atoms. The standard InChI is InChI=1S/C16H18N4OS.C5H12/c1-3-5-13(18-2)11-6-4-7-12(8-11)14-10-22-16(19-14)20-15(21)9-17;1-4-5(2)3/h3-8,10H,9,17H2,1-2H3,(H,19,20,21);5H,4H2,1-3H3/b5-3-,18-13?;. The molecule has 5 nitrogen and oxygen atoms in total. The van der Waals surface area contributed by atoms with Gasteiger partial charge in [0.25, 0.3) is 0 Å². The summed E-state index contributed by atoms with van der Waals surface area (Å²) in [4.78, 5) is 20.0. The zero-order valence-electron chi connectivity index (χ0n) is 16.8. The average molecular weight is 387 g/mol. The van der Waals surface area contributed by atoms with Crippen molar-refractivity contribution in [1.82, 2.24) is 4.98 Å². The van der Waals surface area contributed by atoms with Gasteiger partial charge >= 0.3 is 0 Å². The maximum Gasteiger partial charge on any atom is 0.239 e. The normalized spacial score (nSPS) is 11.4. The molecule has 0 unspecified atom stereocenters. The highest BCUT2D eigenvalue weighted by atomic mass is 32.1. The van der Waals surface area contributed by atoms with Gasteiger partial charge in [0.1, 0.15) is 0 Å². The zero-order chi connectivity index (χ0) is 20.2. The van der Waals surface area contributed by atoms with Crippen molar-refractivity contribution in [3.63, 3.8) is 0 Å². The van der Waals surface area contributed by atoms with E-state index in [0.29, 0.717) is 5.13 Å². The number of nitrogens with two attached hydrogens (primary N) is 1. The highest BCUT2D eigenvalue weighted by molar-refractivity contribution is 7.14. The Labute approximate surface area is 166 Å². The SMILES string of the molecule is C/C=C\C(=NC)c1cccc(-c2csc(NC(=O)CN)n2)c1.CCC(C)C. The van der Waals surface area contributed by atoms with Crippen molar-refractivity contribution in [1.29, 1.82) is 0 Å². The van der Waals surface area contributed by atoms with Crippen LogP contribution < -0.4 is 11.1 Å². The van der Waals surface area contributed by atoms with Crippen LogP contribution in [-0.2, 0) is 4.79 Å². The molecule has 0 saturated carbocycles. The van der Waals surface area contributed by atoms with Crippen molar-refractivity contribution in [2.75, 3.05) is 18.9 Å². The van der Waals surface area contributed by atoms with E-state index in [9.17, 15) is 4.79 Å². The van der Waals surface area contributed by atoms with Crippen LogP contribution in [0.25, 0.3) is 11.3 Å². The van der Waals surface area contributed by atoms with Crippen molar-refractivity contribution in [2.45, 2.75) is 34.1 Å². The third kappa shape index (κ3) is 7.85. The first-order valence-corrected chi connectivity index (χ1v) is 9.98. The fourth-order valence-corrected chi connectivity index (χ4v) is 2.67. The number of nitrogens with one attached hydrogen (secondary N) is 1. The highest BCUT2D eigenvalue weighted by Gasteiger charge is 2.08. The summed E-state index contributed by atoms with van der Waals surface area (Å²) in [7, 11) is 1.77. The second-order valence-electron chi connectivity index (χ2n) is 6.28. The number of thiazole rings is 1. The molecule has 0 aliphatic rings. The molecule has 0 aliphatic heterocycles. The van der Waals surface area contributed by atoms with Crippen LogP contribution in [0.3, 0.4) is 0 Å². The van der Waals surface area contributed by atoms with Crippen LogP contribution >= 0.6 is 11.3 Å². The van der Waals surface area contributed by atoms with Gasteiger partial charge in [0, 0.05) is 23.6 Å². The highest BCUT2D eigenvalue weighted by Crippen LogP contribution is 2.25. The second-order valence-corrected chi connectivity index (χ2v) is 7.14. The second kappa shape index (κ2) is 12.1. The van der Waals surface area contributed by atoms with Crippen LogP contribution in [0.2, 0.25) is 0 Å². The summed E-state index contributed by atoms with van der Waals surface area (Å²) in [6.07, 6.45) is 5.23. The lowest BCUT2D eigenvalue weighted by Gasteiger charge is -2.03. The third-order valence-electron chi connectivity index (χ3n) is 3.77. The first kappa shape index (κ1) is 22.7. The molecule has 146 valence electrons. The van der Waals surface area contributed by atoms with Gasteiger partial charge in [0.05, 0.1) is 18.0 Å². The van der Waals surface area contributed by atoms with Crippen LogP contribution in [0.1, 0.15) is 39.7 Å². The molecule has 1 aromatic heterocycles. The van der Waals surface area contributed by atoms with E-state index in [1.807, 2.05) is 48.7 Å². The number of allylic oxidation sites excluding steroid dienone is 2. The molecule has 0 fully saturated rings. The summed E-state index contributed by atoms with van der Waals surface area (Å²) in [6, 6.07) is 7.99. The van der Waals surface area contributed by atoms with Gasteiger partial charge in [-0.2, -0.15) is 0 Å². The monoisotopic (exact) mass is 386 g/mol. The number of rotatable bonds is 6. The maximum atomic E-state index is 11.3. The Morgan fingerprint density at radius 1 is 1.41 bits per heavy atom. The number of benzene rings is 1. The van der Waals surface area contributed by atoms with Crippen molar-refractivity contribution in [3.8, 4) is 11.3 Å². The Morgan fingerprint density at radius 3 is 2.67 bits per heavy atom. The molecule has 6 heteroatoms. The molecule has 0 bridgehead atoms. The quantitative estimate of drug-likeness (QED) is 0.703. The molecule has 2 aromatic rings. The first-order chi connectivity index (χ1) is 12.9. The Balaban J connectivity index is 0.000000646. The minimum absolute atomic E-state index is 0.0515. The van der Waals surface area contributed by atoms with E-state index in [1.165, 1.54) is 17.8 Å². The lowest BCUT2D eigenvalue weighted by Crippen LogP contribution is -2.21. The largest absolute Gasteiger partial charge is 0.322 e. The van der Waals surface area contributed by atoms with E-state index in [2.05, 4.69) is 36.1 Å². The molecule has 1 amide bonds. The van der Waals surface area contributed by atoms with Gasteiger partial charge in [0.2, 0.25) is 5.91 Å². The molecule has 0 saturated heterocycles. The third-order valence-corrected chi connectivity index (χ3v) is 4.53. The van der Waals surface area contributed by atoms with Gasteiger partial charge in [0.15, 0.2) is 5.13 Å². The summed E-state index contributed by atoms with van der Waals surface area (Å²) in [5.41, 5.74) is 9.01. The number of hydrogen-bond donors (Lipinski definition) is 2. The van der Waals surface area contributed by atoms with Crippen LogP contribution in [0.5, 0.6) is 0 Å². The molecule has 1 heterocycles. The zero-order valence-corrected chi connectivity index (χ0v) is 17.6. The lowest BCUT2D eigenvalue weighted by atomic mass is 10.0. The number of nitrogens with zero attached hydrogens (tertiary/aromatic N) is 2. The van der Waals surface area contributed by atoms with Gasteiger partial charge < -0.3 is 11.1 Å². The Morgan fingerprint density at radius 2 is 2.11 bits per heavy atom. The predicted molar refractivity (Wildman–Crippen MR) is 118 cm³/mol. The average Bonchev–Trinajstić information content (AvgIpc) is 3.15. The lowest BCUT2D eigenvalue weighted by molar-refractivity contribution is -0.114. The maximum absolute atomic E-state index is 11.3. The van der Waals surface area contributed by atoms with Gasteiger partial charge in [-0.25, -0.2) is 4.98 Å². The number of carbonyl (C=O) groups is 1. The van der Waals surface area contributed by atoms with Crippen LogP contribution in [0.15, 0.2) is 46.8 Å². The van der Waals surface area contributed by atoms with Crippen molar-refractivity contribution < 1.29 is 4.79 Å². The summed E-state index contributed by atoms with van der Waals surface area (Å²) < 4.78 is 0. The van der Waals surface area contributed by atoms with Crippen LogP contribution in [-0.4, -0.2) is 30.2 Å². The van der Waals surface area contributed by atoms with Gasteiger partial charge in [-0.05, 0) is 25.0 Å². The van der Waals surface area contributed by atoms with E-state index < -0.39 is 0 Å². The molecule has 27 heavy (non-hydrogen) atoms. The Kier molecular flexibility index (Phi) is 10.2. The molecule has 2 rings (SSSR count). The molecule has 0 radical (unpaired) electrons. The number of aliphatic imine (C=N–C) groups is 1. The molecular formula is C21H30N4OS. The van der Waals surface area contributed by atoms with E-state index >= 15 is 0 Å². The van der Waals surface area contributed by atoms with Gasteiger partial charge in [-0.15, -0.1) is 11.3 Å².